The summed E-state index contributed by atoms with van der Waals surface area (Å²) in [5.41, 5.74) is 0.849. The first-order valence-electron chi connectivity index (χ1n) is 2.84. The SMILES string of the molecule is ClCc1cc(Cl)c(Br)cc1Cl. The van der Waals surface area contributed by atoms with Crippen LogP contribution in [-0.4, -0.2) is 0 Å². The first kappa shape index (κ1) is 9.66. The van der Waals surface area contributed by atoms with E-state index < -0.39 is 0 Å². The van der Waals surface area contributed by atoms with E-state index in [1.165, 1.54) is 0 Å². The monoisotopic (exact) mass is 272 g/mol. The zero-order valence-corrected chi connectivity index (χ0v) is 9.23. The molecule has 0 fully saturated rings. The number of rotatable bonds is 1. The molecule has 4 heteroatoms. The lowest BCUT2D eigenvalue weighted by Gasteiger charge is -2.01. The van der Waals surface area contributed by atoms with Gasteiger partial charge in [-0.2, -0.15) is 0 Å². The summed E-state index contributed by atoms with van der Waals surface area (Å²) in [7, 11) is 0. The Labute approximate surface area is 88.6 Å². The van der Waals surface area contributed by atoms with Gasteiger partial charge in [0.1, 0.15) is 0 Å². The fourth-order valence-electron chi connectivity index (χ4n) is 0.666. The van der Waals surface area contributed by atoms with Gasteiger partial charge in [0.05, 0.1) is 5.02 Å². The second kappa shape index (κ2) is 3.99. The summed E-state index contributed by atoms with van der Waals surface area (Å²) in [6, 6.07) is 3.49. The highest BCUT2D eigenvalue weighted by molar-refractivity contribution is 9.10. The molecular weight excluding hydrogens is 270 g/mol. The van der Waals surface area contributed by atoms with Crippen LogP contribution in [0.1, 0.15) is 5.56 Å². The molecule has 0 N–H and O–H groups in total. The second-order valence-electron chi connectivity index (χ2n) is 1.99. The molecule has 0 atom stereocenters. The van der Waals surface area contributed by atoms with E-state index in [1.807, 2.05) is 0 Å². The van der Waals surface area contributed by atoms with Gasteiger partial charge < -0.3 is 0 Å². The minimum Gasteiger partial charge on any atom is -0.121 e. The lowest BCUT2D eigenvalue weighted by atomic mass is 10.2. The molecule has 0 radical (unpaired) electrons. The van der Waals surface area contributed by atoms with Crippen molar-refractivity contribution in [2.24, 2.45) is 0 Å². The zero-order valence-electron chi connectivity index (χ0n) is 5.37. The summed E-state index contributed by atoms with van der Waals surface area (Å²) in [6.07, 6.45) is 0. The average Bonchev–Trinajstić information content (AvgIpc) is 1.97. The van der Waals surface area contributed by atoms with Gasteiger partial charge in [-0.1, -0.05) is 23.2 Å². The predicted octanol–water partition coefficient (Wildman–Crippen LogP) is 4.49. The van der Waals surface area contributed by atoms with Crippen molar-refractivity contribution in [3.8, 4) is 0 Å². The number of benzene rings is 1. The summed E-state index contributed by atoms with van der Waals surface area (Å²) < 4.78 is 0.790. The van der Waals surface area contributed by atoms with E-state index in [-0.39, 0.29) is 0 Å². The van der Waals surface area contributed by atoms with Crippen molar-refractivity contribution in [3.63, 3.8) is 0 Å². The largest absolute Gasteiger partial charge is 0.121 e. The van der Waals surface area contributed by atoms with Crippen LogP contribution in [0.2, 0.25) is 10.0 Å². The molecule has 11 heavy (non-hydrogen) atoms. The quantitative estimate of drug-likeness (QED) is 0.522. The molecule has 0 aliphatic heterocycles. The van der Waals surface area contributed by atoms with E-state index in [4.69, 9.17) is 34.8 Å². The van der Waals surface area contributed by atoms with Gasteiger partial charge in [0, 0.05) is 15.4 Å². The third-order valence-electron chi connectivity index (χ3n) is 1.23. The van der Waals surface area contributed by atoms with E-state index in [2.05, 4.69) is 15.9 Å². The maximum absolute atomic E-state index is 5.83. The Morgan fingerprint density at radius 1 is 1.18 bits per heavy atom. The van der Waals surface area contributed by atoms with Gasteiger partial charge in [0.25, 0.3) is 0 Å². The third kappa shape index (κ3) is 2.25. The number of alkyl halides is 1. The molecule has 1 rings (SSSR count). The van der Waals surface area contributed by atoms with E-state index in [1.54, 1.807) is 12.1 Å². The normalized spacial score (nSPS) is 10.2. The average molecular weight is 274 g/mol. The molecule has 0 spiro atoms. The topological polar surface area (TPSA) is 0 Å². The highest BCUT2D eigenvalue weighted by atomic mass is 79.9. The van der Waals surface area contributed by atoms with Crippen molar-refractivity contribution in [1.29, 1.82) is 0 Å². The lowest BCUT2D eigenvalue weighted by Crippen LogP contribution is -1.80. The number of hydrogen-bond acceptors (Lipinski definition) is 0. The fourth-order valence-corrected chi connectivity index (χ4v) is 1.85. The molecule has 0 nitrogen and oxygen atoms in total. The van der Waals surface area contributed by atoms with Crippen molar-refractivity contribution in [2.75, 3.05) is 0 Å². The first-order valence-corrected chi connectivity index (χ1v) is 4.93. The third-order valence-corrected chi connectivity index (χ3v) is 3.07. The van der Waals surface area contributed by atoms with Crippen LogP contribution >= 0.6 is 50.7 Å². The maximum Gasteiger partial charge on any atom is 0.0552 e. The highest BCUT2D eigenvalue weighted by Crippen LogP contribution is 2.29. The van der Waals surface area contributed by atoms with E-state index >= 15 is 0 Å². The van der Waals surface area contributed by atoms with Crippen molar-refractivity contribution >= 4 is 50.7 Å². The molecule has 60 valence electrons. The molecule has 0 unspecified atom stereocenters. The Morgan fingerprint density at radius 3 is 2.36 bits per heavy atom. The van der Waals surface area contributed by atoms with Gasteiger partial charge in [-0.15, -0.1) is 11.6 Å². The Bertz CT molecular complexity index is 273. The highest BCUT2D eigenvalue weighted by Gasteiger charge is 2.03. The Hall–Kier alpha value is 0.570. The summed E-state index contributed by atoms with van der Waals surface area (Å²) in [6.45, 7) is 0. The van der Waals surface area contributed by atoms with Gasteiger partial charge >= 0.3 is 0 Å². The molecule has 0 aromatic heterocycles. The predicted molar refractivity (Wildman–Crippen MR) is 53.7 cm³/mol. The van der Waals surface area contributed by atoms with Crippen LogP contribution in [0.25, 0.3) is 0 Å². The molecule has 0 heterocycles. The Morgan fingerprint density at radius 2 is 1.82 bits per heavy atom. The van der Waals surface area contributed by atoms with Crippen LogP contribution in [0.3, 0.4) is 0 Å². The van der Waals surface area contributed by atoms with E-state index in [9.17, 15) is 0 Å². The molecule has 0 aliphatic carbocycles. The molecule has 0 amide bonds. The second-order valence-corrected chi connectivity index (χ2v) is 3.93. The van der Waals surface area contributed by atoms with Crippen molar-refractivity contribution in [3.05, 3.63) is 32.2 Å². The van der Waals surface area contributed by atoms with Crippen LogP contribution in [0.5, 0.6) is 0 Å². The van der Waals surface area contributed by atoms with Crippen LogP contribution in [0, 0.1) is 0 Å². The standard InChI is InChI=1S/C7H4BrCl3/c8-5-2-6(10)4(3-9)1-7(5)11/h1-2H,3H2. The zero-order chi connectivity index (χ0) is 8.43. The van der Waals surface area contributed by atoms with E-state index in [0.29, 0.717) is 15.9 Å². The Kier molecular flexibility index (Phi) is 3.51. The van der Waals surface area contributed by atoms with Crippen LogP contribution in [0.4, 0.5) is 0 Å². The summed E-state index contributed by atoms with van der Waals surface area (Å²) in [5.74, 6) is 0.381. The molecule has 1 aromatic carbocycles. The van der Waals surface area contributed by atoms with Gasteiger partial charge in [0.15, 0.2) is 0 Å². The molecule has 0 saturated carbocycles. The van der Waals surface area contributed by atoms with Gasteiger partial charge in [-0.05, 0) is 33.6 Å². The van der Waals surface area contributed by atoms with Crippen LogP contribution < -0.4 is 0 Å². The maximum atomic E-state index is 5.83. The number of halogens is 4. The molecular formula is C7H4BrCl3. The fraction of sp³-hybridized carbons (Fsp3) is 0.143. The lowest BCUT2D eigenvalue weighted by molar-refractivity contribution is 1.39. The van der Waals surface area contributed by atoms with Crippen molar-refractivity contribution in [2.45, 2.75) is 5.88 Å². The van der Waals surface area contributed by atoms with Crippen molar-refractivity contribution in [1.82, 2.24) is 0 Å². The van der Waals surface area contributed by atoms with Gasteiger partial charge in [-0.3, -0.25) is 0 Å². The first-order chi connectivity index (χ1) is 5.15. The summed E-state index contributed by atoms with van der Waals surface area (Å²) >= 11 is 20.5. The van der Waals surface area contributed by atoms with Crippen LogP contribution in [0.15, 0.2) is 16.6 Å². The van der Waals surface area contributed by atoms with Gasteiger partial charge in [0.2, 0.25) is 0 Å². The molecule has 0 aliphatic rings. The molecule has 0 bridgehead atoms. The number of hydrogen-bond donors (Lipinski definition) is 0. The summed E-state index contributed by atoms with van der Waals surface area (Å²) in [4.78, 5) is 0. The van der Waals surface area contributed by atoms with Gasteiger partial charge in [-0.25, -0.2) is 0 Å². The minimum absolute atomic E-state index is 0.381. The van der Waals surface area contributed by atoms with Crippen molar-refractivity contribution < 1.29 is 0 Å². The minimum atomic E-state index is 0.381. The summed E-state index contributed by atoms with van der Waals surface area (Å²) in [5, 5.41) is 1.27. The van der Waals surface area contributed by atoms with E-state index in [0.717, 1.165) is 10.0 Å². The molecule has 0 saturated heterocycles. The smallest absolute Gasteiger partial charge is 0.0552 e. The molecule has 1 aromatic rings. The Balaban J connectivity index is 3.21. The van der Waals surface area contributed by atoms with Crippen LogP contribution in [-0.2, 0) is 5.88 Å².